The highest BCUT2D eigenvalue weighted by molar-refractivity contribution is 5.96. The zero-order valence-corrected chi connectivity index (χ0v) is 11.7. The number of hydrogen-bond donors (Lipinski definition) is 3. The van der Waals surface area contributed by atoms with E-state index in [4.69, 9.17) is 5.73 Å². The fourth-order valence-electron chi connectivity index (χ4n) is 1.78. The predicted molar refractivity (Wildman–Crippen MR) is 79.6 cm³/mol. The molecule has 2 aromatic rings. The molecule has 7 heteroatoms. The van der Waals surface area contributed by atoms with E-state index >= 15 is 0 Å². The molecule has 1 aromatic carbocycles. The van der Waals surface area contributed by atoms with Crippen molar-refractivity contribution in [3.8, 4) is 11.3 Å². The Hall–Kier alpha value is -2.96. The maximum atomic E-state index is 11.7. The van der Waals surface area contributed by atoms with Crippen molar-refractivity contribution in [2.24, 2.45) is 0 Å². The normalized spacial score (nSPS) is 10.0. The lowest BCUT2D eigenvalue weighted by molar-refractivity contribution is -0.114. The van der Waals surface area contributed by atoms with Crippen LogP contribution in [-0.2, 0) is 4.79 Å². The van der Waals surface area contributed by atoms with Crippen molar-refractivity contribution in [2.45, 2.75) is 6.92 Å². The van der Waals surface area contributed by atoms with Crippen LogP contribution in [-0.4, -0.2) is 28.8 Å². The number of nitrogens with zero attached hydrogens (tertiary/aromatic N) is 2. The Morgan fingerprint density at radius 3 is 2.71 bits per heavy atom. The highest BCUT2D eigenvalue weighted by atomic mass is 16.2. The zero-order chi connectivity index (χ0) is 15.4. The van der Waals surface area contributed by atoms with Gasteiger partial charge in [0.05, 0.1) is 11.9 Å². The van der Waals surface area contributed by atoms with Crippen molar-refractivity contribution < 1.29 is 9.59 Å². The van der Waals surface area contributed by atoms with Crippen molar-refractivity contribution in [1.29, 1.82) is 0 Å². The summed E-state index contributed by atoms with van der Waals surface area (Å²) < 4.78 is 0. The molecule has 108 valence electrons. The van der Waals surface area contributed by atoms with Crippen LogP contribution in [0.2, 0.25) is 0 Å². The average molecular weight is 285 g/mol. The van der Waals surface area contributed by atoms with Crippen LogP contribution in [0.25, 0.3) is 11.3 Å². The molecule has 0 saturated carbocycles. The number of aromatic nitrogens is 2. The lowest BCUT2D eigenvalue weighted by atomic mass is 10.1. The van der Waals surface area contributed by atoms with Gasteiger partial charge in [-0.05, 0) is 12.1 Å². The largest absolute Gasteiger partial charge is 0.382 e. The number of carbonyl (C=O) groups is 2. The van der Waals surface area contributed by atoms with Gasteiger partial charge in [0.15, 0.2) is 11.5 Å². The molecule has 0 aliphatic rings. The SMILES string of the molecule is CNC(=O)c1nc(-c2cccc(NC(C)=O)c2)cnc1N. The molecule has 0 bridgehead atoms. The fraction of sp³-hybridized carbons (Fsp3) is 0.143. The molecular formula is C14H15N5O2. The molecule has 21 heavy (non-hydrogen) atoms. The lowest BCUT2D eigenvalue weighted by Crippen LogP contribution is -2.21. The number of carbonyl (C=O) groups excluding carboxylic acids is 2. The van der Waals surface area contributed by atoms with Gasteiger partial charge in [0.2, 0.25) is 5.91 Å². The van der Waals surface area contributed by atoms with E-state index in [1.165, 1.54) is 20.2 Å². The number of amides is 2. The molecule has 0 unspecified atom stereocenters. The highest BCUT2D eigenvalue weighted by Gasteiger charge is 2.13. The second-order valence-electron chi connectivity index (χ2n) is 4.33. The summed E-state index contributed by atoms with van der Waals surface area (Å²) in [5, 5.41) is 5.14. The smallest absolute Gasteiger partial charge is 0.273 e. The summed E-state index contributed by atoms with van der Waals surface area (Å²) in [7, 11) is 1.49. The Kier molecular flexibility index (Phi) is 4.13. The Labute approximate surface area is 121 Å². The number of nitrogens with two attached hydrogens (primary N) is 1. The molecule has 0 radical (unpaired) electrons. The minimum absolute atomic E-state index is 0.0658. The van der Waals surface area contributed by atoms with Crippen molar-refractivity contribution >= 4 is 23.3 Å². The fourth-order valence-corrected chi connectivity index (χ4v) is 1.78. The first kappa shape index (κ1) is 14.4. The molecular weight excluding hydrogens is 270 g/mol. The summed E-state index contributed by atoms with van der Waals surface area (Å²) in [5.74, 6) is -0.502. The third-order valence-electron chi connectivity index (χ3n) is 2.72. The van der Waals surface area contributed by atoms with Crippen LogP contribution >= 0.6 is 0 Å². The molecule has 0 atom stereocenters. The van der Waals surface area contributed by atoms with Gasteiger partial charge in [0, 0.05) is 25.2 Å². The van der Waals surface area contributed by atoms with Crippen LogP contribution in [0.15, 0.2) is 30.5 Å². The number of rotatable bonds is 3. The molecule has 4 N–H and O–H groups in total. The summed E-state index contributed by atoms with van der Waals surface area (Å²) in [6.07, 6.45) is 1.48. The van der Waals surface area contributed by atoms with Gasteiger partial charge in [-0.25, -0.2) is 9.97 Å². The molecule has 1 aromatic heterocycles. The van der Waals surface area contributed by atoms with Gasteiger partial charge in [-0.3, -0.25) is 9.59 Å². The molecule has 7 nitrogen and oxygen atoms in total. The van der Waals surface area contributed by atoms with Crippen LogP contribution in [0, 0.1) is 0 Å². The number of anilines is 2. The van der Waals surface area contributed by atoms with E-state index in [9.17, 15) is 9.59 Å². The summed E-state index contributed by atoms with van der Waals surface area (Å²) in [6.45, 7) is 1.43. The van der Waals surface area contributed by atoms with Gasteiger partial charge < -0.3 is 16.4 Å². The number of nitrogens with one attached hydrogen (secondary N) is 2. The molecule has 0 aliphatic heterocycles. The van der Waals surface area contributed by atoms with E-state index in [-0.39, 0.29) is 17.4 Å². The topological polar surface area (TPSA) is 110 Å². The highest BCUT2D eigenvalue weighted by Crippen LogP contribution is 2.21. The monoisotopic (exact) mass is 285 g/mol. The summed E-state index contributed by atoms with van der Waals surface area (Å²) >= 11 is 0. The lowest BCUT2D eigenvalue weighted by Gasteiger charge is -2.08. The minimum Gasteiger partial charge on any atom is -0.382 e. The van der Waals surface area contributed by atoms with Gasteiger partial charge in [0.1, 0.15) is 0 Å². The first-order valence-corrected chi connectivity index (χ1v) is 6.24. The molecule has 2 rings (SSSR count). The summed E-state index contributed by atoms with van der Waals surface area (Å²) in [5.41, 5.74) is 7.57. The van der Waals surface area contributed by atoms with Gasteiger partial charge >= 0.3 is 0 Å². The third-order valence-corrected chi connectivity index (χ3v) is 2.72. The second kappa shape index (κ2) is 6.00. The van der Waals surface area contributed by atoms with E-state index < -0.39 is 5.91 Å². The van der Waals surface area contributed by atoms with Gasteiger partial charge in [0.25, 0.3) is 5.91 Å². The second-order valence-corrected chi connectivity index (χ2v) is 4.33. The number of hydrogen-bond acceptors (Lipinski definition) is 5. The Morgan fingerprint density at radius 1 is 1.29 bits per heavy atom. The Morgan fingerprint density at radius 2 is 2.05 bits per heavy atom. The van der Waals surface area contributed by atoms with Crippen LogP contribution in [0.5, 0.6) is 0 Å². The van der Waals surface area contributed by atoms with E-state index in [0.29, 0.717) is 11.4 Å². The van der Waals surface area contributed by atoms with E-state index in [1.807, 2.05) is 0 Å². The van der Waals surface area contributed by atoms with E-state index in [2.05, 4.69) is 20.6 Å². The van der Waals surface area contributed by atoms with E-state index in [1.54, 1.807) is 24.3 Å². The minimum atomic E-state index is -0.403. The standard InChI is InChI=1S/C14H15N5O2/c1-8(20)18-10-5-3-4-9(6-10)11-7-17-13(15)12(19-11)14(21)16-2/h3-7H,1-2H3,(H2,15,17)(H,16,21)(H,18,20). The van der Waals surface area contributed by atoms with Gasteiger partial charge in [-0.1, -0.05) is 12.1 Å². The maximum Gasteiger partial charge on any atom is 0.273 e. The quantitative estimate of drug-likeness (QED) is 0.780. The predicted octanol–water partition coefficient (Wildman–Crippen LogP) is 1.04. The molecule has 2 amide bonds. The van der Waals surface area contributed by atoms with Crippen molar-refractivity contribution in [3.63, 3.8) is 0 Å². The van der Waals surface area contributed by atoms with Crippen molar-refractivity contribution in [3.05, 3.63) is 36.2 Å². The molecule has 0 aliphatic carbocycles. The first-order valence-electron chi connectivity index (χ1n) is 6.24. The van der Waals surface area contributed by atoms with Crippen molar-refractivity contribution in [1.82, 2.24) is 15.3 Å². The van der Waals surface area contributed by atoms with E-state index in [0.717, 1.165) is 5.56 Å². The third kappa shape index (κ3) is 3.33. The van der Waals surface area contributed by atoms with Gasteiger partial charge in [-0.2, -0.15) is 0 Å². The molecule has 1 heterocycles. The summed E-state index contributed by atoms with van der Waals surface area (Å²) in [6, 6.07) is 7.09. The summed E-state index contributed by atoms with van der Waals surface area (Å²) in [4.78, 5) is 31.0. The average Bonchev–Trinajstić information content (AvgIpc) is 2.46. The van der Waals surface area contributed by atoms with Gasteiger partial charge in [-0.15, -0.1) is 0 Å². The number of benzene rings is 1. The first-order chi connectivity index (χ1) is 10.0. The Bertz CT molecular complexity index is 700. The Balaban J connectivity index is 2.42. The molecule has 0 saturated heterocycles. The van der Waals surface area contributed by atoms with Crippen LogP contribution in [0.4, 0.5) is 11.5 Å². The molecule has 0 spiro atoms. The molecule has 0 fully saturated rings. The zero-order valence-electron chi connectivity index (χ0n) is 11.7. The van der Waals surface area contributed by atoms with Crippen LogP contribution < -0.4 is 16.4 Å². The maximum absolute atomic E-state index is 11.7. The van der Waals surface area contributed by atoms with Crippen LogP contribution in [0.1, 0.15) is 17.4 Å². The van der Waals surface area contributed by atoms with Crippen LogP contribution in [0.3, 0.4) is 0 Å². The number of nitrogen functional groups attached to an aromatic ring is 1. The van der Waals surface area contributed by atoms with Crippen molar-refractivity contribution in [2.75, 3.05) is 18.1 Å².